The van der Waals surface area contributed by atoms with E-state index in [1.165, 1.54) is 18.2 Å². The van der Waals surface area contributed by atoms with E-state index in [2.05, 4.69) is 5.32 Å². The number of anilines is 1. The van der Waals surface area contributed by atoms with Gasteiger partial charge in [-0.1, -0.05) is 41.9 Å². The van der Waals surface area contributed by atoms with Crippen LogP contribution in [0.5, 0.6) is 11.5 Å². The van der Waals surface area contributed by atoms with Gasteiger partial charge in [-0.25, -0.2) is 0 Å². The van der Waals surface area contributed by atoms with E-state index in [9.17, 15) is 23.3 Å². The van der Waals surface area contributed by atoms with Gasteiger partial charge in [0, 0.05) is 18.7 Å². The van der Waals surface area contributed by atoms with Crippen LogP contribution >= 0.6 is 11.6 Å². The molecule has 0 amide bonds. The van der Waals surface area contributed by atoms with Gasteiger partial charge in [-0.2, -0.15) is 13.2 Å². The molecule has 0 radical (unpaired) electrons. The number of alkyl halides is 3. The van der Waals surface area contributed by atoms with E-state index >= 15 is 0 Å². The van der Waals surface area contributed by atoms with Crippen LogP contribution in [-0.2, 0) is 12.7 Å². The molecular weight excluding hydrogens is 409 g/mol. The van der Waals surface area contributed by atoms with Crippen LogP contribution in [-0.4, -0.2) is 4.92 Å². The van der Waals surface area contributed by atoms with Crippen molar-refractivity contribution in [3.8, 4) is 11.5 Å². The average molecular weight is 423 g/mol. The van der Waals surface area contributed by atoms with Gasteiger partial charge in [0.05, 0.1) is 15.5 Å². The molecule has 0 atom stereocenters. The van der Waals surface area contributed by atoms with Gasteiger partial charge in [0.15, 0.2) is 0 Å². The molecule has 0 fully saturated rings. The zero-order valence-corrected chi connectivity index (χ0v) is 15.5. The molecule has 3 aromatic rings. The van der Waals surface area contributed by atoms with Crippen molar-refractivity contribution >= 4 is 23.0 Å². The maximum atomic E-state index is 12.9. The van der Waals surface area contributed by atoms with Gasteiger partial charge in [0.1, 0.15) is 17.2 Å². The van der Waals surface area contributed by atoms with Crippen LogP contribution in [0.2, 0.25) is 5.02 Å². The number of hydrogen-bond acceptors (Lipinski definition) is 4. The first-order valence-corrected chi connectivity index (χ1v) is 8.72. The number of nitro groups is 1. The van der Waals surface area contributed by atoms with Crippen molar-refractivity contribution in [2.45, 2.75) is 12.7 Å². The van der Waals surface area contributed by atoms with Crippen LogP contribution in [0.4, 0.5) is 24.5 Å². The summed E-state index contributed by atoms with van der Waals surface area (Å²) in [5.41, 5.74) is -0.727. The van der Waals surface area contributed by atoms with E-state index in [1.54, 1.807) is 30.3 Å². The summed E-state index contributed by atoms with van der Waals surface area (Å²) in [4.78, 5) is 10.7. The van der Waals surface area contributed by atoms with Gasteiger partial charge >= 0.3 is 6.18 Å². The van der Waals surface area contributed by atoms with E-state index in [0.717, 1.165) is 18.2 Å². The highest BCUT2D eigenvalue weighted by molar-refractivity contribution is 6.32. The van der Waals surface area contributed by atoms with Crippen molar-refractivity contribution in [1.82, 2.24) is 0 Å². The minimum atomic E-state index is -4.47. The molecule has 5 nitrogen and oxygen atoms in total. The second kappa shape index (κ2) is 8.40. The van der Waals surface area contributed by atoms with Gasteiger partial charge < -0.3 is 10.1 Å². The van der Waals surface area contributed by atoms with Crippen LogP contribution < -0.4 is 10.1 Å². The number of nitro benzene ring substituents is 1. The standard InChI is InChI=1S/C20H14ClF3N2O3/c21-16-10-18(26(27)28)17(11-19(16)29-15-7-2-1-3-8-15)25-12-13-5-4-6-14(9-13)20(22,23)24/h1-11,25H,12H2. The fourth-order valence-corrected chi connectivity index (χ4v) is 2.78. The Morgan fingerprint density at radius 2 is 1.76 bits per heavy atom. The SMILES string of the molecule is O=[N+]([O-])c1cc(Cl)c(Oc2ccccc2)cc1NCc1cccc(C(F)(F)F)c1. The third-order valence-corrected chi connectivity index (χ3v) is 4.25. The van der Waals surface area contributed by atoms with E-state index < -0.39 is 16.7 Å². The van der Waals surface area contributed by atoms with Crippen LogP contribution in [0.15, 0.2) is 66.7 Å². The Morgan fingerprint density at radius 1 is 1.03 bits per heavy atom. The van der Waals surface area contributed by atoms with E-state index in [-0.39, 0.29) is 28.7 Å². The molecule has 29 heavy (non-hydrogen) atoms. The summed E-state index contributed by atoms with van der Waals surface area (Å²) in [6, 6.07) is 15.9. The molecule has 0 saturated carbocycles. The average Bonchev–Trinajstić information content (AvgIpc) is 2.68. The zero-order chi connectivity index (χ0) is 21.0. The molecule has 150 valence electrons. The Labute approximate surface area is 168 Å². The quantitative estimate of drug-likeness (QED) is 0.356. The van der Waals surface area contributed by atoms with Gasteiger partial charge in [0.2, 0.25) is 0 Å². The van der Waals surface area contributed by atoms with E-state index in [1.807, 2.05) is 0 Å². The normalized spacial score (nSPS) is 11.2. The minimum Gasteiger partial charge on any atom is -0.456 e. The molecule has 0 heterocycles. The summed E-state index contributed by atoms with van der Waals surface area (Å²) in [5, 5.41) is 14.2. The second-order valence-electron chi connectivity index (χ2n) is 6.02. The number of ether oxygens (including phenoxy) is 1. The highest BCUT2D eigenvalue weighted by Crippen LogP contribution is 2.38. The van der Waals surface area contributed by atoms with Crippen LogP contribution in [0.3, 0.4) is 0 Å². The fourth-order valence-electron chi connectivity index (χ4n) is 2.58. The molecule has 0 saturated heterocycles. The Balaban J connectivity index is 1.87. The molecule has 9 heteroatoms. The smallest absolute Gasteiger partial charge is 0.416 e. The molecule has 0 aromatic heterocycles. The van der Waals surface area contributed by atoms with Crippen LogP contribution in [0.25, 0.3) is 0 Å². The maximum absolute atomic E-state index is 12.9. The Morgan fingerprint density at radius 3 is 2.41 bits per heavy atom. The van der Waals surface area contributed by atoms with Gasteiger partial charge in [-0.3, -0.25) is 10.1 Å². The molecular formula is C20H14ClF3N2O3. The number of benzene rings is 3. The molecule has 3 rings (SSSR count). The van der Waals surface area contributed by atoms with Crippen LogP contribution in [0.1, 0.15) is 11.1 Å². The first kappa shape index (κ1) is 20.5. The summed E-state index contributed by atoms with van der Waals surface area (Å²) >= 11 is 6.10. The Kier molecular flexibility index (Phi) is 5.93. The lowest BCUT2D eigenvalue weighted by atomic mass is 10.1. The zero-order valence-electron chi connectivity index (χ0n) is 14.7. The second-order valence-corrected chi connectivity index (χ2v) is 6.43. The number of hydrogen-bond donors (Lipinski definition) is 1. The minimum absolute atomic E-state index is 0.0326. The lowest BCUT2D eigenvalue weighted by molar-refractivity contribution is -0.384. The number of para-hydroxylation sites is 1. The number of nitrogens with zero attached hydrogens (tertiary/aromatic N) is 1. The molecule has 3 aromatic carbocycles. The van der Waals surface area contributed by atoms with E-state index in [0.29, 0.717) is 11.3 Å². The van der Waals surface area contributed by atoms with Crippen molar-refractivity contribution in [3.63, 3.8) is 0 Å². The third kappa shape index (κ3) is 5.17. The third-order valence-electron chi connectivity index (χ3n) is 3.96. The molecule has 0 aliphatic heterocycles. The summed E-state index contributed by atoms with van der Waals surface area (Å²) in [6.07, 6.45) is -4.47. The Bertz CT molecular complexity index is 1030. The topological polar surface area (TPSA) is 64.4 Å². The molecule has 1 N–H and O–H groups in total. The molecule has 0 bridgehead atoms. The fraction of sp³-hybridized carbons (Fsp3) is 0.100. The van der Waals surface area contributed by atoms with Gasteiger partial charge in [0.25, 0.3) is 5.69 Å². The molecule has 0 aliphatic carbocycles. The van der Waals surface area contributed by atoms with Crippen molar-refractivity contribution in [3.05, 3.63) is 93.0 Å². The van der Waals surface area contributed by atoms with Crippen LogP contribution in [0, 0.1) is 10.1 Å². The maximum Gasteiger partial charge on any atom is 0.416 e. The predicted octanol–water partition coefficient (Wildman–Crippen LogP) is 6.67. The highest BCUT2D eigenvalue weighted by Gasteiger charge is 2.30. The first-order chi connectivity index (χ1) is 13.7. The summed E-state index contributed by atoms with van der Waals surface area (Å²) in [6.45, 7) is -0.0584. The lowest BCUT2D eigenvalue weighted by Gasteiger charge is -2.13. The van der Waals surface area contributed by atoms with E-state index in [4.69, 9.17) is 16.3 Å². The summed E-state index contributed by atoms with van der Waals surface area (Å²) in [7, 11) is 0. The van der Waals surface area contributed by atoms with Crippen molar-refractivity contribution in [2.24, 2.45) is 0 Å². The molecule has 0 spiro atoms. The summed E-state index contributed by atoms with van der Waals surface area (Å²) < 4.78 is 44.3. The van der Waals surface area contributed by atoms with Gasteiger partial charge in [-0.05, 0) is 29.8 Å². The monoisotopic (exact) mass is 422 g/mol. The van der Waals surface area contributed by atoms with Gasteiger partial charge in [-0.15, -0.1) is 0 Å². The number of nitrogens with one attached hydrogen (secondary N) is 1. The highest BCUT2D eigenvalue weighted by atomic mass is 35.5. The molecule has 0 aliphatic rings. The predicted molar refractivity (Wildman–Crippen MR) is 103 cm³/mol. The number of rotatable bonds is 6. The van der Waals surface area contributed by atoms with Crippen molar-refractivity contribution < 1.29 is 22.8 Å². The Hall–Kier alpha value is -3.26. The van der Waals surface area contributed by atoms with Crippen molar-refractivity contribution in [2.75, 3.05) is 5.32 Å². The number of halogens is 4. The first-order valence-electron chi connectivity index (χ1n) is 8.35. The summed E-state index contributed by atoms with van der Waals surface area (Å²) in [5.74, 6) is 0.655. The lowest BCUT2D eigenvalue weighted by Crippen LogP contribution is -2.07. The van der Waals surface area contributed by atoms with Crippen molar-refractivity contribution in [1.29, 1.82) is 0 Å². The largest absolute Gasteiger partial charge is 0.456 e. The molecule has 0 unspecified atom stereocenters.